The summed E-state index contributed by atoms with van der Waals surface area (Å²) in [6, 6.07) is 14.0. The van der Waals surface area contributed by atoms with Crippen LogP contribution in [0.3, 0.4) is 0 Å². The van der Waals surface area contributed by atoms with Crippen LogP contribution in [0.2, 0.25) is 19.6 Å². The summed E-state index contributed by atoms with van der Waals surface area (Å²) in [6.07, 6.45) is 4.04. The second-order valence-corrected chi connectivity index (χ2v) is 17.0. The molecule has 11 heteroatoms. The summed E-state index contributed by atoms with van der Waals surface area (Å²) in [7, 11) is -5.61. The summed E-state index contributed by atoms with van der Waals surface area (Å²) in [4.78, 5) is 24.0. The average molecular weight is 560 g/mol. The first kappa shape index (κ1) is 26.5. The maximum absolute atomic E-state index is 13.5. The van der Waals surface area contributed by atoms with Crippen molar-refractivity contribution >= 4 is 41.0 Å². The number of pyridine rings is 2. The van der Waals surface area contributed by atoms with E-state index in [1.54, 1.807) is 48.9 Å². The van der Waals surface area contributed by atoms with Crippen LogP contribution in [0.5, 0.6) is 0 Å². The van der Waals surface area contributed by atoms with Crippen LogP contribution in [0.1, 0.15) is 5.56 Å². The Balaban J connectivity index is 1.57. The number of rotatable bonds is 4. The van der Waals surface area contributed by atoms with Gasteiger partial charge in [-0.2, -0.15) is 0 Å². The van der Waals surface area contributed by atoms with Crippen molar-refractivity contribution in [3.63, 3.8) is 0 Å². The van der Waals surface area contributed by atoms with Gasteiger partial charge in [-0.15, -0.1) is 5.54 Å². The molecule has 1 fully saturated rings. The molecule has 0 unspecified atom stereocenters. The van der Waals surface area contributed by atoms with Crippen molar-refractivity contribution < 1.29 is 18.3 Å². The molecule has 4 heterocycles. The second-order valence-electron chi connectivity index (χ2n) is 10.4. The molecule has 5 rings (SSSR count). The van der Waals surface area contributed by atoms with Crippen LogP contribution in [-0.4, -0.2) is 72.7 Å². The van der Waals surface area contributed by atoms with Crippen molar-refractivity contribution in [3.05, 3.63) is 72.7 Å². The Bertz CT molecular complexity index is 1710. The number of hydrogen-bond donors (Lipinski definition) is 1. The summed E-state index contributed by atoms with van der Waals surface area (Å²) >= 11 is 0. The molecule has 0 atom stereocenters. The van der Waals surface area contributed by atoms with Crippen molar-refractivity contribution in [1.29, 1.82) is 0 Å². The van der Waals surface area contributed by atoms with Gasteiger partial charge in [0.05, 0.1) is 10.5 Å². The van der Waals surface area contributed by atoms with Gasteiger partial charge >= 0.3 is 6.09 Å². The van der Waals surface area contributed by atoms with Gasteiger partial charge in [0.25, 0.3) is 10.0 Å². The van der Waals surface area contributed by atoms with Gasteiger partial charge in [0.1, 0.15) is 13.9 Å². The van der Waals surface area contributed by atoms with E-state index in [4.69, 9.17) is 0 Å². The lowest BCUT2D eigenvalue weighted by Crippen LogP contribution is -2.48. The van der Waals surface area contributed by atoms with Gasteiger partial charge < -0.3 is 14.9 Å². The third kappa shape index (κ3) is 5.53. The summed E-state index contributed by atoms with van der Waals surface area (Å²) < 4.78 is 28.3. The van der Waals surface area contributed by atoms with E-state index in [2.05, 4.69) is 46.0 Å². The zero-order valence-electron chi connectivity index (χ0n) is 22.0. The lowest BCUT2D eigenvalue weighted by molar-refractivity contribution is 0.142. The van der Waals surface area contributed by atoms with Crippen LogP contribution in [0.25, 0.3) is 22.2 Å². The van der Waals surface area contributed by atoms with Crippen LogP contribution in [-0.2, 0) is 10.0 Å². The Morgan fingerprint density at radius 1 is 0.974 bits per heavy atom. The molecule has 0 radical (unpaired) electrons. The first-order valence-electron chi connectivity index (χ1n) is 12.6. The highest BCUT2D eigenvalue weighted by Crippen LogP contribution is 2.30. The molecule has 1 aromatic carbocycles. The van der Waals surface area contributed by atoms with Crippen molar-refractivity contribution in [1.82, 2.24) is 18.8 Å². The third-order valence-corrected chi connectivity index (χ3v) is 8.98. The molecule has 200 valence electrons. The number of carboxylic acid groups (broad SMARTS) is 1. The number of piperazine rings is 1. The lowest BCUT2D eigenvalue weighted by Gasteiger charge is -2.33. The molecule has 9 nitrogen and oxygen atoms in total. The van der Waals surface area contributed by atoms with E-state index in [0.717, 1.165) is 16.9 Å². The number of fused-ring (bicyclic) bond motifs is 1. The Labute approximate surface area is 228 Å². The molecule has 0 aliphatic carbocycles. The number of nitrogens with zero attached hydrogens (tertiary/aromatic N) is 5. The third-order valence-electron chi connectivity index (χ3n) is 6.44. The zero-order chi connectivity index (χ0) is 27.8. The van der Waals surface area contributed by atoms with Gasteiger partial charge in [0, 0.05) is 55.7 Å². The lowest BCUT2D eigenvalue weighted by atomic mass is 10.1. The van der Waals surface area contributed by atoms with Crippen LogP contribution in [0.15, 0.2) is 72.0 Å². The molecule has 0 spiro atoms. The monoisotopic (exact) mass is 559 g/mol. The van der Waals surface area contributed by atoms with Gasteiger partial charge in [-0.3, -0.25) is 0 Å². The van der Waals surface area contributed by atoms with E-state index in [9.17, 15) is 18.3 Å². The van der Waals surface area contributed by atoms with E-state index in [-0.39, 0.29) is 4.90 Å². The Morgan fingerprint density at radius 2 is 1.69 bits per heavy atom. The van der Waals surface area contributed by atoms with Gasteiger partial charge in [0.2, 0.25) is 0 Å². The van der Waals surface area contributed by atoms with E-state index >= 15 is 0 Å². The van der Waals surface area contributed by atoms with Crippen molar-refractivity contribution in [2.45, 2.75) is 24.5 Å². The van der Waals surface area contributed by atoms with E-state index < -0.39 is 24.2 Å². The number of anilines is 1. The van der Waals surface area contributed by atoms with Crippen molar-refractivity contribution in [2.75, 3.05) is 31.1 Å². The van der Waals surface area contributed by atoms with Gasteiger partial charge in [-0.05, 0) is 35.9 Å². The van der Waals surface area contributed by atoms with Crippen molar-refractivity contribution in [3.8, 4) is 22.6 Å². The highest BCUT2D eigenvalue weighted by atomic mass is 32.2. The maximum Gasteiger partial charge on any atom is 0.407 e. The van der Waals surface area contributed by atoms with Crippen LogP contribution in [0.4, 0.5) is 10.6 Å². The first-order chi connectivity index (χ1) is 18.5. The molecule has 1 amide bonds. The van der Waals surface area contributed by atoms with Gasteiger partial charge in [-0.1, -0.05) is 43.8 Å². The fourth-order valence-corrected chi connectivity index (χ4v) is 6.23. The van der Waals surface area contributed by atoms with E-state index in [0.29, 0.717) is 42.8 Å². The number of hydrogen-bond acceptors (Lipinski definition) is 6. The molecular weight excluding hydrogens is 530 g/mol. The SMILES string of the molecule is C[Si](C)(C)C#Cc1cn(S(=O)(=O)c2ccccc2)c2ncc(-c3ccnc(N4CCN(C(=O)O)CC4)c3)cc12. The Hall–Kier alpha value is -4.14. The first-order valence-corrected chi connectivity index (χ1v) is 17.5. The number of amides is 1. The number of benzene rings is 1. The quantitative estimate of drug-likeness (QED) is 0.292. The minimum absolute atomic E-state index is 0.180. The summed E-state index contributed by atoms with van der Waals surface area (Å²) in [5.41, 5.74) is 5.96. The summed E-state index contributed by atoms with van der Waals surface area (Å²) in [5, 5.41) is 9.89. The van der Waals surface area contributed by atoms with Crippen LogP contribution >= 0.6 is 0 Å². The minimum atomic E-state index is -3.87. The molecule has 0 bridgehead atoms. The normalized spacial score (nSPS) is 14.2. The highest BCUT2D eigenvalue weighted by molar-refractivity contribution is 7.90. The van der Waals surface area contributed by atoms with Gasteiger partial charge in [-0.25, -0.2) is 27.2 Å². The minimum Gasteiger partial charge on any atom is -0.465 e. The average Bonchev–Trinajstić information content (AvgIpc) is 3.31. The van der Waals surface area contributed by atoms with E-state index in [1.165, 1.54) is 8.87 Å². The predicted molar refractivity (Wildman–Crippen MR) is 154 cm³/mol. The molecule has 1 aliphatic rings. The second kappa shape index (κ2) is 10.2. The van der Waals surface area contributed by atoms with Gasteiger partial charge in [0.15, 0.2) is 5.65 Å². The largest absolute Gasteiger partial charge is 0.465 e. The smallest absolute Gasteiger partial charge is 0.407 e. The molecule has 1 saturated heterocycles. The molecule has 4 aromatic rings. The molecule has 3 aromatic heterocycles. The molecule has 1 aliphatic heterocycles. The fraction of sp³-hybridized carbons (Fsp3) is 0.250. The van der Waals surface area contributed by atoms with Crippen LogP contribution in [0, 0.1) is 11.5 Å². The maximum atomic E-state index is 13.5. The number of carbonyl (C=O) groups is 1. The number of aromatic nitrogens is 3. The van der Waals surface area contributed by atoms with Crippen molar-refractivity contribution in [2.24, 2.45) is 0 Å². The van der Waals surface area contributed by atoms with E-state index in [1.807, 2.05) is 18.2 Å². The summed E-state index contributed by atoms with van der Waals surface area (Å²) in [6.45, 7) is 8.34. The highest BCUT2D eigenvalue weighted by Gasteiger charge is 2.24. The molecule has 39 heavy (non-hydrogen) atoms. The molecular formula is C28H29N5O4SSi. The fourth-order valence-electron chi connectivity index (χ4n) is 4.38. The Kier molecular flexibility index (Phi) is 6.92. The Morgan fingerprint density at radius 3 is 2.36 bits per heavy atom. The summed E-state index contributed by atoms with van der Waals surface area (Å²) in [5.74, 6) is 3.99. The molecule has 1 N–H and O–H groups in total. The van der Waals surface area contributed by atoms with Crippen LogP contribution < -0.4 is 4.90 Å². The predicted octanol–water partition coefficient (Wildman–Crippen LogP) is 4.36. The standard InChI is InChI=1S/C28H29N5O4SSi/c1-39(2,3)16-10-22-20-33(38(36,37)24-7-5-4-6-8-24)27-25(22)17-23(19-30-27)21-9-11-29-26(18-21)31-12-14-32(15-13-31)28(34)35/h4-9,11,17-20H,12-15H2,1-3H3,(H,34,35). The molecule has 0 saturated carbocycles. The zero-order valence-corrected chi connectivity index (χ0v) is 23.8. The topological polar surface area (TPSA) is 109 Å².